The molecule has 1 aliphatic carbocycles. The van der Waals surface area contributed by atoms with Crippen LogP contribution in [0.2, 0.25) is 0 Å². The molecule has 3 amide bonds. The standard InChI is InChI=1S/C10H19N3O3/c11-7-4-2-1-3-5-8(7)16-6-9(14)13-10(12)15/h7-8H,1-6,11H2,(H3,12,13,14,15). The number of primary amides is 1. The molecule has 0 aromatic carbocycles. The number of hydrogen-bond donors (Lipinski definition) is 3. The van der Waals surface area contributed by atoms with Gasteiger partial charge in [0.1, 0.15) is 6.61 Å². The molecule has 0 saturated heterocycles. The van der Waals surface area contributed by atoms with Gasteiger partial charge in [-0.05, 0) is 12.8 Å². The van der Waals surface area contributed by atoms with Crippen LogP contribution in [0.5, 0.6) is 0 Å². The summed E-state index contributed by atoms with van der Waals surface area (Å²) in [5.74, 6) is -0.524. The Morgan fingerprint density at radius 1 is 1.25 bits per heavy atom. The van der Waals surface area contributed by atoms with Gasteiger partial charge in [-0.3, -0.25) is 10.1 Å². The zero-order valence-electron chi connectivity index (χ0n) is 9.28. The van der Waals surface area contributed by atoms with Gasteiger partial charge >= 0.3 is 6.03 Å². The van der Waals surface area contributed by atoms with Crippen LogP contribution in [0.1, 0.15) is 32.1 Å². The zero-order valence-corrected chi connectivity index (χ0v) is 9.28. The first-order valence-corrected chi connectivity index (χ1v) is 5.56. The molecule has 1 fully saturated rings. The summed E-state index contributed by atoms with van der Waals surface area (Å²) in [6, 6.07) is -0.886. The van der Waals surface area contributed by atoms with E-state index in [0.717, 1.165) is 32.1 Å². The Labute approximate surface area is 94.7 Å². The van der Waals surface area contributed by atoms with Gasteiger partial charge in [0.2, 0.25) is 0 Å². The Balaban J connectivity index is 2.29. The lowest BCUT2D eigenvalue weighted by Crippen LogP contribution is -2.41. The number of ether oxygens (including phenoxy) is 1. The fourth-order valence-electron chi connectivity index (χ4n) is 1.87. The lowest BCUT2D eigenvalue weighted by molar-refractivity contribution is -0.127. The summed E-state index contributed by atoms with van der Waals surface area (Å²) in [6.45, 7) is -0.165. The second-order valence-electron chi connectivity index (χ2n) is 4.06. The minimum absolute atomic E-state index is 0.0242. The number of amides is 3. The van der Waals surface area contributed by atoms with E-state index >= 15 is 0 Å². The van der Waals surface area contributed by atoms with Crippen LogP contribution in [-0.2, 0) is 9.53 Å². The van der Waals surface area contributed by atoms with Gasteiger partial charge in [0.05, 0.1) is 6.10 Å². The summed E-state index contributed by atoms with van der Waals surface area (Å²) >= 11 is 0. The SMILES string of the molecule is NC(=O)NC(=O)COC1CCCCCC1N. The number of imide groups is 1. The maximum atomic E-state index is 11.1. The second kappa shape index (κ2) is 6.44. The zero-order chi connectivity index (χ0) is 12.0. The fraction of sp³-hybridized carbons (Fsp3) is 0.800. The Hall–Kier alpha value is -1.14. The van der Waals surface area contributed by atoms with Gasteiger partial charge < -0.3 is 16.2 Å². The lowest BCUT2D eigenvalue weighted by Gasteiger charge is -2.21. The smallest absolute Gasteiger partial charge is 0.318 e. The molecule has 0 aliphatic heterocycles. The van der Waals surface area contributed by atoms with E-state index in [9.17, 15) is 9.59 Å². The molecule has 6 heteroatoms. The molecule has 92 valence electrons. The van der Waals surface area contributed by atoms with Crippen molar-refractivity contribution in [2.24, 2.45) is 11.5 Å². The van der Waals surface area contributed by atoms with Crippen LogP contribution in [-0.4, -0.2) is 30.7 Å². The highest BCUT2D eigenvalue weighted by atomic mass is 16.5. The number of rotatable bonds is 3. The number of carbonyl (C=O) groups is 2. The summed E-state index contributed by atoms with van der Waals surface area (Å²) in [6.07, 6.45) is 5.01. The highest BCUT2D eigenvalue weighted by molar-refractivity contribution is 5.94. The molecule has 5 N–H and O–H groups in total. The van der Waals surface area contributed by atoms with Gasteiger partial charge in [-0.25, -0.2) is 4.79 Å². The number of nitrogens with one attached hydrogen (secondary N) is 1. The normalized spacial score (nSPS) is 25.8. The first-order valence-electron chi connectivity index (χ1n) is 5.56. The molecule has 0 aromatic heterocycles. The van der Waals surface area contributed by atoms with Crippen molar-refractivity contribution < 1.29 is 14.3 Å². The molecule has 1 saturated carbocycles. The van der Waals surface area contributed by atoms with E-state index in [1.807, 2.05) is 5.32 Å². The first kappa shape index (κ1) is 12.9. The molecule has 1 aliphatic rings. The van der Waals surface area contributed by atoms with Crippen LogP contribution in [0.3, 0.4) is 0 Å². The highest BCUT2D eigenvalue weighted by Crippen LogP contribution is 2.18. The maximum absolute atomic E-state index is 11.1. The van der Waals surface area contributed by atoms with Gasteiger partial charge in [-0.1, -0.05) is 19.3 Å². The molecule has 2 unspecified atom stereocenters. The molecule has 2 atom stereocenters. The van der Waals surface area contributed by atoms with Gasteiger partial charge in [0.25, 0.3) is 5.91 Å². The van der Waals surface area contributed by atoms with Crippen LogP contribution >= 0.6 is 0 Å². The van der Waals surface area contributed by atoms with Crippen molar-refractivity contribution in [3.8, 4) is 0 Å². The second-order valence-corrected chi connectivity index (χ2v) is 4.06. The average Bonchev–Trinajstić information content (AvgIpc) is 2.39. The Bertz CT molecular complexity index is 258. The highest BCUT2D eigenvalue weighted by Gasteiger charge is 2.21. The van der Waals surface area contributed by atoms with E-state index in [-0.39, 0.29) is 18.8 Å². The molecule has 0 radical (unpaired) electrons. The van der Waals surface area contributed by atoms with Crippen LogP contribution in [0, 0.1) is 0 Å². The van der Waals surface area contributed by atoms with Gasteiger partial charge in [-0.15, -0.1) is 0 Å². The monoisotopic (exact) mass is 229 g/mol. The van der Waals surface area contributed by atoms with Crippen molar-refractivity contribution in [3.63, 3.8) is 0 Å². The first-order chi connectivity index (χ1) is 7.59. The number of nitrogens with two attached hydrogens (primary N) is 2. The predicted octanol–water partition coefficient (Wildman–Crippen LogP) is -0.142. The van der Waals surface area contributed by atoms with Crippen molar-refractivity contribution in [1.29, 1.82) is 0 Å². The summed E-state index contributed by atoms with van der Waals surface area (Å²) in [5.41, 5.74) is 10.7. The maximum Gasteiger partial charge on any atom is 0.318 e. The summed E-state index contributed by atoms with van der Waals surface area (Å²) < 4.78 is 5.39. The van der Waals surface area contributed by atoms with Gasteiger partial charge in [-0.2, -0.15) is 0 Å². The third-order valence-electron chi connectivity index (χ3n) is 2.69. The minimum atomic E-state index is -0.862. The molecular weight excluding hydrogens is 210 g/mol. The molecule has 0 bridgehead atoms. The third kappa shape index (κ3) is 4.59. The number of carbonyl (C=O) groups excluding carboxylic acids is 2. The van der Waals surface area contributed by atoms with E-state index in [4.69, 9.17) is 16.2 Å². The van der Waals surface area contributed by atoms with Gasteiger partial charge in [0.15, 0.2) is 0 Å². The molecule has 16 heavy (non-hydrogen) atoms. The Morgan fingerprint density at radius 3 is 2.62 bits per heavy atom. The van der Waals surface area contributed by atoms with Crippen molar-refractivity contribution in [2.75, 3.05) is 6.61 Å². The lowest BCUT2D eigenvalue weighted by atomic mass is 10.1. The van der Waals surface area contributed by atoms with Crippen molar-refractivity contribution in [3.05, 3.63) is 0 Å². The van der Waals surface area contributed by atoms with Crippen molar-refractivity contribution >= 4 is 11.9 Å². The van der Waals surface area contributed by atoms with Crippen LogP contribution in [0.4, 0.5) is 4.79 Å². The molecule has 6 nitrogen and oxygen atoms in total. The predicted molar refractivity (Wildman–Crippen MR) is 58.5 cm³/mol. The topological polar surface area (TPSA) is 107 Å². The largest absolute Gasteiger partial charge is 0.367 e. The number of hydrogen-bond acceptors (Lipinski definition) is 4. The molecule has 0 aromatic rings. The van der Waals surface area contributed by atoms with Crippen LogP contribution in [0.25, 0.3) is 0 Å². The summed E-state index contributed by atoms with van der Waals surface area (Å²) in [7, 11) is 0. The van der Waals surface area contributed by atoms with Crippen LogP contribution < -0.4 is 16.8 Å². The molecule has 0 heterocycles. The summed E-state index contributed by atoms with van der Waals surface area (Å²) in [4.78, 5) is 21.5. The minimum Gasteiger partial charge on any atom is -0.367 e. The molecule has 0 spiro atoms. The van der Waals surface area contributed by atoms with Crippen molar-refractivity contribution in [1.82, 2.24) is 5.32 Å². The quantitative estimate of drug-likeness (QED) is 0.585. The van der Waals surface area contributed by atoms with E-state index in [0.29, 0.717) is 0 Å². The molecular formula is C10H19N3O3. The van der Waals surface area contributed by atoms with Gasteiger partial charge in [0, 0.05) is 6.04 Å². The van der Waals surface area contributed by atoms with E-state index in [2.05, 4.69) is 0 Å². The Kier molecular flexibility index (Phi) is 5.21. The number of urea groups is 1. The van der Waals surface area contributed by atoms with E-state index in [1.54, 1.807) is 0 Å². The molecule has 1 rings (SSSR count). The Morgan fingerprint density at radius 2 is 1.94 bits per heavy atom. The van der Waals surface area contributed by atoms with E-state index < -0.39 is 11.9 Å². The van der Waals surface area contributed by atoms with E-state index in [1.165, 1.54) is 0 Å². The summed E-state index contributed by atoms with van der Waals surface area (Å²) in [5, 5.41) is 1.95. The van der Waals surface area contributed by atoms with Crippen LogP contribution in [0.15, 0.2) is 0 Å². The van der Waals surface area contributed by atoms with Crippen molar-refractivity contribution in [2.45, 2.75) is 44.2 Å². The average molecular weight is 229 g/mol. The third-order valence-corrected chi connectivity index (χ3v) is 2.69. The fourth-order valence-corrected chi connectivity index (χ4v) is 1.87.